The third-order valence-corrected chi connectivity index (χ3v) is 4.53. The van der Waals surface area contributed by atoms with Crippen molar-refractivity contribution >= 4 is 15.9 Å². The van der Waals surface area contributed by atoms with Crippen LogP contribution in [0.2, 0.25) is 0 Å². The molecule has 1 aliphatic heterocycles. The quantitative estimate of drug-likeness (QED) is 0.723. The third kappa shape index (κ3) is 2.71. The molecule has 3 heteroatoms. The van der Waals surface area contributed by atoms with Crippen LogP contribution in [0.25, 0.3) is 0 Å². The first kappa shape index (κ1) is 10.9. The van der Waals surface area contributed by atoms with Crippen LogP contribution in [0.5, 0.6) is 0 Å². The van der Waals surface area contributed by atoms with Crippen molar-refractivity contribution in [2.45, 2.75) is 32.3 Å². The summed E-state index contributed by atoms with van der Waals surface area (Å²) in [6.07, 6.45) is 4.43. The van der Waals surface area contributed by atoms with E-state index < -0.39 is 0 Å². The lowest BCUT2D eigenvalue weighted by atomic mass is 10.1. The molecule has 82 valence electrons. The first-order valence-corrected chi connectivity index (χ1v) is 6.76. The average Bonchev–Trinajstić information content (AvgIpc) is 2.94. The van der Waals surface area contributed by atoms with Crippen LogP contribution in [0.15, 0.2) is 0 Å². The highest BCUT2D eigenvalue weighted by molar-refractivity contribution is 9.09. The van der Waals surface area contributed by atoms with Crippen molar-refractivity contribution in [3.63, 3.8) is 0 Å². The van der Waals surface area contributed by atoms with Gasteiger partial charge in [0.2, 0.25) is 0 Å². The number of halogens is 1. The highest BCUT2D eigenvalue weighted by atomic mass is 79.9. The van der Waals surface area contributed by atoms with Gasteiger partial charge < -0.3 is 9.64 Å². The van der Waals surface area contributed by atoms with Crippen LogP contribution in [0, 0.1) is 5.41 Å². The molecule has 0 N–H and O–H groups in total. The number of ether oxygens (including phenoxy) is 1. The summed E-state index contributed by atoms with van der Waals surface area (Å²) < 4.78 is 5.65. The minimum Gasteiger partial charge on any atom is -0.377 e. The predicted molar refractivity (Wildman–Crippen MR) is 61.9 cm³/mol. The van der Waals surface area contributed by atoms with Gasteiger partial charge in [-0.05, 0) is 31.6 Å². The maximum atomic E-state index is 5.65. The Kier molecular flexibility index (Phi) is 3.50. The molecule has 1 unspecified atom stereocenters. The number of rotatable bonds is 3. The lowest BCUT2D eigenvalue weighted by molar-refractivity contribution is 0.0654. The molecule has 1 aliphatic carbocycles. The van der Waals surface area contributed by atoms with Crippen LogP contribution in [-0.2, 0) is 4.74 Å². The molecule has 0 aromatic rings. The van der Waals surface area contributed by atoms with E-state index in [4.69, 9.17) is 4.74 Å². The molecule has 2 rings (SSSR count). The first-order chi connectivity index (χ1) is 6.74. The molecule has 0 aromatic carbocycles. The smallest absolute Gasteiger partial charge is 0.0673 e. The number of hydrogen-bond donors (Lipinski definition) is 0. The summed E-state index contributed by atoms with van der Waals surface area (Å²) in [5, 5.41) is 1.17. The second kappa shape index (κ2) is 4.50. The molecule has 1 atom stereocenters. The molecule has 0 bridgehead atoms. The lowest BCUT2D eigenvalue weighted by Crippen LogP contribution is -2.35. The van der Waals surface area contributed by atoms with Gasteiger partial charge in [0.05, 0.1) is 6.10 Å². The molecule has 2 aliphatic rings. The standard InChI is InChI=1S/C11H20BrNO/c1-10-7-13(5-2-6-14-10)9-11(8-12)3-4-11/h10H,2-9H2,1H3. The van der Waals surface area contributed by atoms with Crippen molar-refractivity contribution < 1.29 is 4.74 Å². The summed E-state index contributed by atoms with van der Waals surface area (Å²) in [4.78, 5) is 2.59. The van der Waals surface area contributed by atoms with Gasteiger partial charge in [0.1, 0.15) is 0 Å². The fraction of sp³-hybridized carbons (Fsp3) is 1.00. The largest absolute Gasteiger partial charge is 0.377 e. The summed E-state index contributed by atoms with van der Waals surface area (Å²) in [5.74, 6) is 0. The Bertz CT molecular complexity index is 194. The van der Waals surface area contributed by atoms with Crippen LogP contribution in [0.3, 0.4) is 0 Å². The van der Waals surface area contributed by atoms with Crippen LogP contribution in [-0.4, -0.2) is 42.6 Å². The number of nitrogens with zero attached hydrogens (tertiary/aromatic N) is 1. The van der Waals surface area contributed by atoms with Crippen LogP contribution >= 0.6 is 15.9 Å². The van der Waals surface area contributed by atoms with Gasteiger partial charge in [0.15, 0.2) is 0 Å². The van der Waals surface area contributed by atoms with E-state index in [1.165, 1.54) is 37.7 Å². The fourth-order valence-electron chi connectivity index (χ4n) is 2.21. The van der Waals surface area contributed by atoms with E-state index in [9.17, 15) is 0 Å². The lowest BCUT2D eigenvalue weighted by Gasteiger charge is -2.26. The van der Waals surface area contributed by atoms with E-state index in [0.29, 0.717) is 11.5 Å². The Morgan fingerprint density at radius 3 is 2.93 bits per heavy atom. The van der Waals surface area contributed by atoms with Crippen molar-refractivity contribution in [1.29, 1.82) is 0 Å². The molecule has 1 heterocycles. The van der Waals surface area contributed by atoms with Crippen molar-refractivity contribution in [2.24, 2.45) is 5.41 Å². The third-order valence-electron chi connectivity index (χ3n) is 3.34. The molecule has 0 amide bonds. The van der Waals surface area contributed by atoms with Crippen molar-refractivity contribution in [2.75, 3.05) is 31.6 Å². The van der Waals surface area contributed by atoms with E-state index >= 15 is 0 Å². The van der Waals surface area contributed by atoms with E-state index in [0.717, 1.165) is 13.2 Å². The van der Waals surface area contributed by atoms with Gasteiger partial charge in [-0.3, -0.25) is 0 Å². The second-order valence-corrected chi connectivity index (χ2v) is 5.46. The Morgan fingerprint density at radius 1 is 1.50 bits per heavy atom. The fourth-order valence-corrected chi connectivity index (χ4v) is 2.95. The summed E-state index contributed by atoms with van der Waals surface area (Å²) >= 11 is 3.64. The van der Waals surface area contributed by atoms with E-state index in [1.54, 1.807) is 0 Å². The monoisotopic (exact) mass is 261 g/mol. The number of hydrogen-bond acceptors (Lipinski definition) is 2. The molecule has 2 nitrogen and oxygen atoms in total. The molecule has 0 radical (unpaired) electrons. The van der Waals surface area contributed by atoms with E-state index in [2.05, 4.69) is 27.8 Å². The zero-order valence-electron chi connectivity index (χ0n) is 8.97. The second-order valence-electron chi connectivity index (χ2n) is 4.90. The highest BCUT2D eigenvalue weighted by Gasteiger charge is 2.42. The van der Waals surface area contributed by atoms with E-state index in [-0.39, 0.29) is 0 Å². The van der Waals surface area contributed by atoms with Crippen molar-refractivity contribution in [3.8, 4) is 0 Å². The summed E-state index contributed by atoms with van der Waals surface area (Å²) in [5.41, 5.74) is 0.615. The molecule has 14 heavy (non-hydrogen) atoms. The minimum atomic E-state index is 0.420. The predicted octanol–water partition coefficient (Wildman–Crippen LogP) is 2.27. The topological polar surface area (TPSA) is 12.5 Å². The molecule has 1 saturated carbocycles. The Balaban J connectivity index is 1.83. The number of alkyl halides is 1. The zero-order chi connectivity index (χ0) is 10.0. The maximum absolute atomic E-state index is 5.65. The summed E-state index contributed by atoms with van der Waals surface area (Å²) in [6, 6.07) is 0. The molecular formula is C11H20BrNO. The molecule has 2 fully saturated rings. The Morgan fingerprint density at radius 2 is 2.29 bits per heavy atom. The van der Waals surface area contributed by atoms with Crippen LogP contribution in [0.4, 0.5) is 0 Å². The maximum Gasteiger partial charge on any atom is 0.0673 e. The minimum absolute atomic E-state index is 0.420. The summed E-state index contributed by atoms with van der Waals surface area (Å²) in [7, 11) is 0. The zero-order valence-corrected chi connectivity index (χ0v) is 10.6. The van der Waals surface area contributed by atoms with Gasteiger partial charge >= 0.3 is 0 Å². The van der Waals surface area contributed by atoms with Gasteiger partial charge in [-0.2, -0.15) is 0 Å². The van der Waals surface area contributed by atoms with Crippen LogP contribution < -0.4 is 0 Å². The van der Waals surface area contributed by atoms with Gasteiger partial charge in [-0.15, -0.1) is 0 Å². The van der Waals surface area contributed by atoms with Gasteiger partial charge in [-0.25, -0.2) is 0 Å². The molecule has 0 aromatic heterocycles. The molecule has 1 saturated heterocycles. The van der Waals surface area contributed by atoms with Crippen molar-refractivity contribution in [3.05, 3.63) is 0 Å². The normalized spacial score (nSPS) is 32.6. The highest BCUT2D eigenvalue weighted by Crippen LogP contribution is 2.47. The Hall–Kier alpha value is 0.400. The first-order valence-electron chi connectivity index (χ1n) is 5.64. The average molecular weight is 262 g/mol. The van der Waals surface area contributed by atoms with Gasteiger partial charge in [0.25, 0.3) is 0 Å². The van der Waals surface area contributed by atoms with Gasteiger partial charge in [0, 0.05) is 31.6 Å². The SMILES string of the molecule is CC1CN(CC2(CBr)CC2)CCCO1. The van der Waals surface area contributed by atoms with Crippen molar-refractivity contribution in [1.82, 2.24) is 4.90 Å². The van der Waals surface area contributed by atoms with Gasteiger partial charge in [-0.1, -0.05) is 15.9 Å². The molecule has 0 spiro atoms. The summed E-state index contributed by atoms with van der Waals surface area (Å²) in [6.45, 7) is 6.74. The molecular weight excluding hydrogens is 242 g/mol. The van der Waals surface area contributed by atoms with Crippen LogP contribution in [0.1, 0.15) is 26.2 Å². The Labute approximate surface area is 95.1 Å². The van der Waals surface area contributed by atoms with E-state index in [1.807, 2.05) is 0 Å².